The molecule has 2 aliphatic heterocycles. The molecule has 2 rings (SSSR count). The van der Waals surface area contributed by atoms with E-state index in [4.69, 9.17) is 0 Å². The maximum atomic E-state index is 11.3. The molecule has 2 saturated heterocycles. The second-order valence-corrected chi connectivity index (χ2v) is 6.82. The summed E-state index contributed by atoms with van der Waals surface area (Å²) < 4.78 is 24.2. The lowest BCUT2D eigenvalue weighted by atomic mass is 9.71. The van der Waals surface area contributed by atoms with Crippen molar-refractivity contribution in [3.63, 3.8) is 0 Å². The van der Waals surface area contributed by atoms with Crippen molar-refractivity contribution < 1.29 is 8.42 Å². The van der Waals surface area contributed by atoms with E-state index in [2.05, 4.69) is 12.8 Å². The van der Waals surface area contributed by atoms with E-state index in [1.54, 1.807) is 4.31 Å². The molecule has 0 saturated carbocycles. The Kier molecular flexibility index (Phi) is 2.44. The average Bonchev–Trinajstić information content (AvgIpc) is 2.01. The second-order valence-electron chi connectivity index (χ2n) is 4.83. The Morgan fingerprint density at radius 1 is 1.14 bits per heavy atom. The van der Waals surface area contributed by atoms with Crippen molar-refractivity contribution in [2.45, 2.75) is 12.8 Å². The van der Waals surface area contributed by atoms with E-state index >= 15 is 0 Å². The second kappa shape index (κ2) is 3.25. The molecule has 2 aliphatic rings. The molecule has 2 fully saturated rings. The zero-order chi connectivity index (χ0) is 10.4. The van der Waals surface area contributed by atoms with Crippen LogP contribution in [0, 0.1) is 5.41 Å². The van der Waals surface area contributed by atoms with Crippen LogP contribution in [0.1, 0.15) is 12.8 Å². The number of rotatable bonds is 1. The van der Waals surface area contributed by atoms with Gasteiger partial charge < -0.3 is 4.81 Å². The molecule has 4 nitrogen and oxygen atoms in total. The van der Waals surface area contributed by atoms with Gasteiger partial charge in [0.15, 0.2) is 17.9 Å². The SMILES string of the molecule is BN1CC2(CCN(S(B)(=O)=O)CC2)C1. The smallest absolute Gasteiger partial charge is 0.276 e. The fraction of sp³-hybridized carbons (Fsp3) is 1.00. The van der Waals surface area contributed by atoms with E-state index in [0.29, 0.717) is 18.5 Å². The van der Waals surface area contributed by atoms with Crippen LogP contribution in [0.3, 0.4) is 0 Å². The lowest BCUT2D eigenvalue weighted by molar-refractivity contribution is 0.0211. The maximum Gasteiger partial charge on any atom is 0.276 e. The van der Waals surface area contributed by atoms with Crippen LogP contribution in [-0.2, 0) is 9.87 Å². The molecule has 0 aromatic rings. The monoisotopic (exact) mass is 214 g/mol. The largest absolute Gasteiger partial charge is 0.348 e. The topological polar surface area (TPSA) is 40.6 Å². The van der Waals surface area contributed by atoms with Crippen molar-refractivity contribution in [3.8, 4) is 0 Å². The first kappa shape index (κ1) is 10.5. The van der Waals surface area contributed by atoms with Gasteiger partial charge in [0.25, 0.3) is 7.12 Å². The Hall–Kier alpha value is -0.000130. The molecule has 78 valence electrons. The van der Waals surface area contributed by atoms with Crippen molar-refractivity contribution in [1.82, 2.24) is 9.12 Å². The molecular formula is C7H16B2N2O2S. The summed E-state index contributed by atoms with van der Waals surface area (Å²) in [7, 11) is 0.469. The van der Waals surface area contributed by atoms with Gasteiger partial charge in [-0.25, -0.2) is 12.7 Å². The number of hydrogen-bond donors (Lipinski definition) is 0. The summed E-state index contributed by atoms with van der Waals surface area (Å²) in [6.45, 7) is 3.72. The standard InChI is InChI=1S/C7H16B2N2O2S/c8-10-5-7(6-10)1-3-11(4-2-7)14(9,12)13/h1-6,8-9H2. The summed E-state index contributed by atoms with van der Waals surface area (Å²) in [5.41, 5.74) is 0.440. The van der Waals surface area contributed by atoms with Crippen LogP contribution in [0.4, 0.5) is 0 Å². The molecular weight excluding hydrogens is 198 g/mol. The third kappa shape index (κ3) is 1.85. The van der Waals surface area contributed by atoms with Gasteiger partial charge in [-0.05, 0) is 31.3 Å². The van der Waals surface area contributed by atoms with Crippen LogP contribution in [0.25, 0.3) is 0 Å². The lowest BCUT2D eigenvalue weighted by Crippen LogP contribution is -2.59. The van der Waals surface area contributed by atoms with E-state index in [1.807, 2.05) is 0 Å². The summed E-state index contributed by atoms with van der Waals surface area (Å²) in [6.07, 6.45) is 2.06. The summed E-state index contributed by atoms with van der Waals surface area (Å²) in [6, 6.07) is 0. The molecule has 0 N–H and O–H groups in total. The van der Waals surface area contributed by atoms with Crippen LogP contribution in [-0.4, -0.2) is 58.8 Å². The first-order chi connectivity index (χ1) is 6.41. The van der Waals surface area contributed by atoms with E-state index in [0.717, 1.165) is 25.9 Å². The highest BCUT2D eigenvalue weighted by Gasteiger charge is 2.43. The molecule has 0 aromatic heterocycles. The van der Waals surface area contributed by atoms with Gasteiger partial charge in [-0.2, -0.15) is 0 Å². The molecule has 0 aromatic carbocycles. The van der Waals surface area contributed by atoms with Gasteiger partial charge in [0, 0.05) is 13.1 Å². The molecule has 0 aliphatic carbocycles. The van der Waals surface area contributed by atoms with Crippen molar-refractivity contribution in [2.24, 2.45) is 5.41 Å². The summed E-state index contributed by atoms with van der Waals surface area (Å²) in [5.74, 6) is 0. The number of piperidine rings is 1. The molecule has 0 atom stereocenters. The number of nitrogens with zero attached hydrogens (tertiary/aromatic N) is 2. The van der Waals surface area contributed by atoms with Crippen LogP contribution in [0.2, 0.25) is 0 Å². The van der Waals surface area contributed by atoms with Gasteiger partial charge >= 0.3 is 0 Å². The van der Waals surface area contributed by atoms with Crippen molar-refractivity contribution >= 4 is 25.0 Å². The Balaban J connectivity index is 1.93. The van der Waals surface area contributed by atoms with E-state index < -0.39 is 9.87 Å². The van der Waals surface area contributed by atoms with Crippen LogP contribution in [0.5, 0.6) is 0 Å². The zero-order valence-corrected chi connectivity index (χ0v) is 9.68. The Bertz CT molecular complexity index is 317. The van der Waals surface area contributed by atoms with Gasteiger partial charge in [0.05, 0.1) is 0 Å². The first-order valence-electron chi connectivity index (χ1n) is 5.05. The maximum absolute atomic E-state index is 11.3. The summed E-state index contributed by atoms with van der Waals surface area (Å²) in [4.78, 5) is 2.30. The average molecular weight is 214 g/mol. The normalized spacial score (nSPS) is 28.9. The van der Waals surface area contributed by atoms with Crippen molar-refractivity contribution in [3.05, 3.63) is 0 Å². The quantitative estimate of drug-likeness (QED) is 0.465. The van der Waals surface area contributed by atoms with Crippen molar-refractivity contribution in [1.29, 1.82) is 0 Å². The fourth-order valence-corrected chi connectivity index (χ4v) is 3.55. The number of hydrogen-bond acceptors (Lipinski definition) is 3. The molecule has 14 heavy (non-hydrogen) atoms. The molecule has 0 amide bonds. The van der Waals surface area contributed by atoms with Crippen LogP contribution in [0.15, 0.2) is 0 Å². The Labute approximate surface area is 87.4 Å². The molecule has 7 heteroatoms. The lowest BCUT2D eigenvalue weighted by Gasteiger charge is -2.53. The van der Waals surface area contributed by atoms with E-state index in [9.17, 15) is 8.42 Å². The zero-order valence-electron chi connectivity index (χ0n) is 8.86. The van der Waals surface area contributed by atoms with Gasteiger partial charge in [-0.3, -0.25) is 0 Å². The minimum Gasteiger partial charge on any atom is -0.348 e. The van der Waals surface area contributed by atoms with E-state index in [1.165, 1.54) is 7.12 Å². The molecule has 0 radical (unpaired) electrons. The fourth-order valence-electron chi connectivity index (χ4n) is 2.71. The highest BCUT2D eigenvalue weighted by molar-refractivity contribution is 8.10. The summed E-state index contributed by atoms with van der Waals surface area (Å²) in [5, 5.41) is 0. The minimum atomic E-state index is -2.95. The Morgan fingerprint density at radius 2 is 1.64 bits per heavy atom. The highest BCUT2D eigenvalue weighted by Crippen LogP contribution is 2.39. The predicted molar refractivity (Wildman–Crippen MR) is 60.8 cm³/mol. The molecule has 0 bridgehead atoms. The van der Waals surface area contributed by atoms with Gasteiger partial charge in [-0.1, -0.05) is 0 Å². The first-order valence-corrected chi connectivity index (χ1v) is 6.90. The third-order valence-corrected chi connectivity index (χ3v) is 4.77. The van der Waals surface area contributed by atoms with Crippen molar-refractivity contribution in [2.75, 3.05) is 26.2 Å². The predicted octanol–water partition coefficient (Wildman–Crippen LogP) is -2.19. The van der Waals surface area contributed by atoms with Crippen LogP contribution >= 0.6 is 0 Å². The van der Waals surface area contributed by atoms with Gasteiger partial charge in [-0.15, -0.1) is 0 Å². The Morgan fingerprint density at radius 3 is 2.00 bits per heavy atom. The minimum absolute atomic E-state index is 0.440. The molecule has 0 unspecified atom stereocenters. The van der Waals surface area contributed by atoms with E-state index in [-0.39, 0.29) is 0 Å². The molecule has 1 spiro atoms. The highest BCUT2D eigenvalue weighted by atomic mass is 32.2. The summed E-state index contributed by atoms with van der Waals surface area (Å²) >= 11 is 0. The van der Waals surface area contributed by atoms with Gasteiger partial charge in [0.2, 0.25) is 0 Å². The van der Waals surface area contributed by atoms with Gasteiger partial charge in [0.1, 0.15) is 0 Å². The van der Waals surface area contributed by atoms with Crippen LogP contribution < -0.4 is 0 Å². The molecule has 2 heterocycles. The third-order valence-electron chi connectivity index (χ3n) is 3.46.